The van der Waals surface area contributed by atoms with Crippen molar-refractivity contribution in [2.45, 2.75) is 18.0 Å². The lowest BCUT2D eigenvalue weighted by Gasteiger charge is -2.11. The molecule has 4 rings (SSSR count). The molecule has 6 nitrogen and oxygen atoms in total. The highest BCUT2D eigenvalue weighted by molar-refractivity contribution is 7.99. The summed E-state index contributed by atoms with van der Waals surface area (Å²) >= 11 is 13.4. The number of aromatic nitrogens is 3. The Morgan fingerprint density at radius 2 is 1.80 bits per heavy atom. The van der Waals surface area contributed by atoms with Crippen molar-refractivity contribution in [1.29, 1.82) is 0 Å². The molecule has 0 saturated heterocycles. The highest BCUT2D eigenvalue weighted by atomic mass is 35.5. The molecule has 10 heteroatoms. The van der Waals surface area contributed by atoms with Gasteiger partial charge in [-0.2, -0.15) is 0 Å². The Kier molecular flexibility index (Phi) is 8.63. The largest absolute Gasteiger partial charge is 0.492 e. The third kappa shape index (κ3) is 6.97. The molecule has 0 bridgehead atoms. The SMILES string of the molecule is O=C(CSc1nnc(CCCOc2ccc(Cl)cc2Cl)n1-c1ccccc1)Nc1ccc(F)cc1. The quantitative estimate of drug-likeness (QED) is 0.188. The van der Waals surface area contributed by atoms with Crippen LogP contribution in [0.3, 0.4) is 0 Å². The molecule has 0 spiro atoms. The van der Waals surface area contributed by atoms with Crippen LogP contribution in [0.4, 0.5) is 10.1 Å². The maximum atomic E-state index is 13.1. The summed E-state index contributed by atoms with van der Waals surface area (Å²) < 4.78 is 20.8. The lowest BCUT2D eigenvalue weighted by atomic mass is 10.2. The summed E-state index contributed by atoms with van der Waals surface area (Å²) in [4.78, 5) is 12.4. The lowest BCUT2D eigenvalue weighted by Crippen LogP contribution is -2.14. The van der Waals surface area contributed by atoms with Crippen LogP contribution in [0.1, 0.15) is 12.2 Å². The normalized spacial score (nSPS) is 10.8. The Morgan fingerprint density at radius 3 is 2.54 bits per heavy atom. The van der Waals surface area contributed by atoms with Crippen molar-refractivity contribution in [3.8, 4) is 11.4 Å². The Morgan fingerprint density at radius 1 is 1.03 bits per heavy atom. The van der Waals surface area contributed by atoms with Gasteiger partial charge in [0, 0.05) is 22.8 Å². The second-order valence-corrected chi connectivity index (χ2v) is 9.23. The van der Waals surface area contributed by atoms with Crippen molar-refractivity contribution >= 4 is 46.6 Å². The summed E-state index contributed by atoms with van der Waals surface area (Å²) in [6.45, 7) is 0.436. The number of hydrogen-bond donors (Lipinski definition) is 1. The first kappa shape index (κ1) is 25.0. The van der Waals surface area contributed by atoms with Gasteiger partial charge >= 0.3 is 0 Å². The molecule has 35 heavy (non-hydrogen) atoms. The lowest BCUT2D eigenvalue weighted by molar-refractivity contribution is -0.113. The molecular weight excluding hydrogens is 510 g/mol. The Hall–Kier alpha value is -3.07. The number of carbonyl (C=O) groups excluding carboxylic acids is 1. The summed E-state index contributed by atoms with van der Waals surface area (Å²) in [5.41, 5.74) is 1.43. The number of hydrogen-bond acceptors (Lipinski definition) is 5. The number of rotatable bonds is 10. The van der Waals surface area contributed by atoms with Crippen molar-refractivity contribution in [2.24, 2.45) is 0 Å². The standard InChI is InChI=1S/C25H21Cl2FN4O2S/c26-17-8-13-22(21(27)15-17)34-14-4-7-23-30-31-25(32(23)20-5-2-1-3-6-20)35-16-24(33)29-19-11-9-18(28)10-12-19/h1-3,5-6,8-13,15H,4,7,14,16H2,(H,29,33). The fourth-order valence-corrected chi connectivity index (χ4v) is 4.49. The van der Waals surface area contributed by atoms with E-state index in [4.69, 9.17) is 27.9 Å². The molecule has 1 heterocycles. The monoisotopic (exact) mass is 530 g/mol. The van der Waals surface area contributed by atoms with Crippen LogP contribution in [0.5, 0.6) is 5.75 Å². The maximum absolute atomic E-state index is 13.1. The Bertz CT molecular complexity index is 1290. The van der Waals surface area contributed by atoms with Crippen LogP contribution in [-0.4, -0.2) is 33.0 Å². The minimum Gasteiger partial charge on any atom is -0.492 e. The highest BCUT2D eigenvalue weighted by Gasteiger charge is 2.16. The van der Waals surface area contributed by atoms with E-state index < -0.39 is 0 Å². The van der Waals surface area contributed by atoms with Gasteiger partial charge in [-0.15, -0.1) is 10.2 Å². The van der Waals surface area contributed by atoms with E-state index in [9.17, 15) is 9.18 Å². The number of halogens is 3. The molecular formula is C25H21Cl2FN4O2S. The number of benzene rings is 3. The number of anilines is 1. The minimum absolute atomic E-state index is 0.126. The number of aryl methyl sites for hydroxylation is 1. The molecule has 0 aliphatic heterocycles. The molecule has 4 aromatic rings. The van der Waals surface area contributed by atoms with Crippen molar-refractivity contribution in [3.05, 3.63) is 94.5 Å². The van der Waals surface area contributed by atoms with Gasteiger partial charge in [-0.05, 0) is 61.0 Å². The van der Waals surface area contributed by atoms with Gasteiger partial charge in [-0.25, -0.2) is 4.39 Å². The molecule has 0 aliphatic rings. The van der Waals surface area contributed by atoms with Gasteiger partial charge in [0.05, 0.1) is 17.4 Å². The van der Waals surface area contributed by atoms with Gasteiger partial charge in [-0.1, -0.05) is 53.2 Å². The fraction of sp³-hybridized carbons (Fsp3) is 0.160. The summed E-state index contributed by atoms with van der Waals surface area (Å²) in [6, 6.07) is 20.4. The van der Waals surface area contributed by atoms with Gasteiger partial charge in [-0.3, -0.25) is 9.36 Å². The van der Waals surface area contributed by atoms with Crippen LogP contribution < -0.4 is 10.1 Å². The molecule has 1 amide bonds. The molecule has 0 fully saturated rings. The van der Waals surface area contributed by atoms with Crippen molar-refractivity contribution in [3.63, 3.8) is 0 Å². The Labute approximate surface area is 216 Å². The number of nitrogens with zero attached hydrogens (tertiary/aromatic N) is 3. The second-order valence-electron chi connectivity index (χ2n) is 7.44. The number of thioether (sulfide) groups is 1. The van der Waals surface area contributed by atoms with Gasteiger partial charge < -0.3 is 10.1 Å². The van der Waals surface area contributed by atoms with E-state index in [1.54, 1.807) is 18.2 Å². The zero-order valence-corrected chi connectivity index (χ0v) is 20.8. The van der Waals surface area contributed by atoms with Crippen molar-refractivity contribution in [2.75, 3.05) is 17.7 Å². The van der Waals surface area contributed by atoms with Crippen LogP contribution in [-0.2, 0) is 11.2 Å². The van der Waals surface area contributed by atoms with Crippen LogP contribution in [0.25, 0.3) is 5.69 Å². The van der Waals surface area contributed by atoms with E-state index in [2.05, 4.69) is 15.5 Å². The third-order valence-corrected chi connectivity index (χ3v) is 6.33. The summed E-state index contributed by atoms with van der Waals surface area (Å²) in [6.07, 6.45) is 1.29. The first-order valence-electron chi connectivity index (χ1n) is 10.8. The summed E-state index contributed by atoms with van der Waals surface area (Å²) in [5.74, 6) is 0.870. The van der Waals surface area contributed by atoms with Crippen molar-refractivity contribution < 1.29 is 13.9 Å². The van der Waals surface area contributed by atoms with Gasteiger partial charge in [0.15, 0.2) is 5.16 Å². The number of nitrogens with one attached hydrogen (secondary N) is 1. The van der Waals surface area contributed by atoms with E-state index in [-0.39, 0.29) is 17.5 Å². The van der Waals surface area contributed by atoms with E-state index >= 15 is 0 Å². The zero-order chi connectivity index (χ0) is 24.6. The molecule has 0 atom stereocenters. The first-order valence-corrected chi connectivity index (χ1v) is 12.5. The average Bonchev–Trinajstić information content (AvgIpc) is 3.26. The molecule has 180 valence electrons. The Balaban J connectivity index is 1.40. The summed E-state index contributed by atoms with van der Waals surface area (Å²) in [7, 11) is 0. The van der Waals surface area contributed by atoms with Gasteiger partial charge in [0.1, 0.15) is 17.4 Å². The van der Waals surface area contributed by atoms with Crippen LogP contribution in [0, 0.1) is 5.82 Å². The molecule has 0 unspecified atom stereocenters. The van der Waals surface area contributed by atoms with Crippen molar-refractivity contribution in [1.82, 2.24) is 14.8 Å². The topological polar surface area (TPSA) is 69.0 Å². The number of para-hydroxylation sites is 1. The van der Waals surface area contributed by atoms with E-state index in [1.807, 2.05) is 34.9 Å². The van der Waals surface area contributed by atoms with Crippen LogP contribution >= 0.6 is 35.0 Å². The first-order chi connectivity index (χ1) is 17.0. The minimum atomic E-state index is -0.359. The molecule has 1 N–H and O–H groups in total. The second kappa shape index (κ2) is 12.1. The van der Waals surface area contributed by atoms with E-state index in [1.165, 1.54) is 36.0 Å². The number of ether oxygens (including phenoxy) is 1. The molecule has 1 aromatic heterocycles. The number of carbonyl (C=O) groups is 1. The van der Waals surface area contributed by atoms with Crippen LogP contribution in [0.2, 0.25) is 10.0 Å². The number of amides is 1. The molecule has 3 aromatic carbocycles. The smallest absolute Gasteiger partial charge is 0.234 e. The van der Waals surface area contributed by atoms with E-state index in [0.717, 1.165) is 11.5 Å². The van der Waals surface area contributed by atoms with Crippen LogP contribution in [0.15, 0.2) is 78.0 Å². The zero-order valence-electron chi connectivity index (χ0n) is 18.5. The third-order valence-electron chi connectivity index (χ3n) is 4.87. The predicted octanol–water partition coefficient (Wildman–Crippen LogP) is 6.46. The van der Waals surface area contributed by atoms with E-state index in [0.29, 0.717) is 46.1 Å². The fourth-order valence-electron chi connectivity index (χ4n) is 3.26. The van der Waals surface area contributed by atoms with Gasteiger partial charge in [0.25, 0.3) is 0 Å². The maximum Gasteiger partial charge on any atom is 0.234 e. The average molecular weight is 531 g/mol. The van der Waals surface area contributed by atoms with Gasteiger partial charge in [0.2, 0.25) is 5.91 Å². The predicted molar refractivity (Wildman–Crippen MR) is 137 cm³/mol. The summed E-state index contributed by atoms with van der Waals surface area (Å²) in [5, 5.41) is 13.0. The molecule has 0 aliphatic carbocycles. The molecule has 0 saturated carbocycles. The molecule has 0 radical (unpaired) electrons. The highest BCUT2D eigenvalue weighted by Crippen LogP contribution is 2.28.